The third kappa shape index (κ3) is 5.09. The van der Waals surface area contributed by atoms with E-state index in [-0.39, 0.29) is 11.2 Å². The minimum absolute atomic E-state index is 0.227. The third-order valence-corrected chi connectivity index (χ3v) is 4.23. The second-order valence-electron chi connectivity index (χ2n) is 7.34. The molecule has 4 N–H and O–H groups in total. The summed E-state index contributed by atoms with van der Waals surface area (Å²) < 4.78 is 5.48. The van der Waals surface area contributed by atoms with Gasteiger partial charge in [0.2, 0.25) is 0 Å². The van der Waals surface area contributed by atoms with Crippen molar-refractivity contribution in [3.05, 3.63) is 29.8 Å². The number of amides is 1. The smallest absolute Gasteiger partial charge is 0.408 e. The van der Waals surface area contributed by atoms with Gasteiger partial charge in [-0.15, -0.1) is 0 Å². The summed E-state index contributed by atoms with van der Waals surface area (Å²) in [5.41, 5.74) is 6.52. The van der Waals surface area contributed by atoms with Gasteiger partial charge in [-0.25, -0.2) is 4.79 Å². The van der Waals surface area contributed by atoms with Crippen molar-refractivity contribution in [1.82, 2.24) is 5.32 Å². The number of hydrogen-bond acceptors (Lipinski definition) is 3. The Hall–Kier alpha value is -1.82. The van der Waals surface area contributed by atoms with Crippen molar-refractivity contribution in [1.29, 1.82) is 0 Å². The number of alkyl carbamates (subject to hydrolysis) is 1. The number of carbonyl (C=O) groups is 1. The molecule has 0 unspecified atom stereocenters. The Bertz CT molecular complexity index is 605. The van der Waals surface area contributed by atoms with E-state index in [2.05, 4.69) is 10.6 Å². The van der Waals surface area contributed by atoms with E-state index >= 15 is 0 Å². The molecule has 24 heavy (non-hydrogen) atoms. The van der Waals surface area contributed by atoms with Gasteiger partial charge < -0.3 is 21.1 Å². The molecule has 1 aromatic carbocycles. The molecule has 0 bridgehead atoms. The highest BCUT2D eigenvalue weighted by atomic mass is 32.1. The maximum Gasteiger partial charge on any atom is 0.408 e. The molecular formula is C18H27N3O2S. The van der Waals surface area contributed by atoms with E-state index in [0.29, 0.717) is 0 Å². The highest BCUT2D eigenvalue weighted by molar-refractivity contribution is 7.80. The van der Waals surface area contributed by atoms with E-state index in [0.717, 1.165) is 36.9 Å². The maximum atomic E-state index is 12.4. The number of nitrogens with one attached hydrogen (secondary N) is 2. The zero-order chi connectivity index (χ0) is 17.8. The van der Waals surface area contributed by atoms with Gasteiger partial charge in [0, 0.05) is 5.69 Å². The van der Waals surface area contributed by atoms with Crippen molar-refractivity contribution in [2.45, 2.75) is 64.0 Å². The van der Waals surface area contributed by atoms with Crippen LogP contribution in [0, 0.1) is 0 Å². The highest BCUT2D eigenvalue weighted by Gasteiger charge is 2.36. The van der Waals surface area contributed by atoms with Gasteiger partial charge in [-0.1, -0.05) is 31.4 Å². The highest BCUT2D eigenvalue weighted by Crippen LogP contribution is 2.38. The lowest BCUT2D eigenvalue weighted by molar-refractivity contribution is 0.0420. The Morgan fingerprint density at radius 3 is 2.50 bits per heavy atom. The molecule has 5 nitrogen and oxygen atoms in total. The average Bonchev–Trinajstić information content (AvgIpc) is 2.45. The Balaban J connectivity index is 2.27. The Kier molecular flexibility index (Phi) is 5.70. The van der Waals surface area contributed by atoms with Crippen molar-refractivity contribution >= 4 is 29.1 Å². The van der Waals surface area contributed by atoms with Gasteiger partial charge in [-0.3, -0.25) is 0 Å². The molecule has 1 saturated carbocycles. The van der Waals surface area contributed by atoms with Gasteiger partial charge in [0.1, 0.15) is 5.60 Å². The summed E-state index contributed by atoms with van der Waals surface area (Å²) >= 11 is 4.91. The van der Waals surface area contributed by atoms with Gasteiger partial charge in [0.05, 0.1) is 5.54 Å². The monoisotopic (exact) mass is 349 g/mol. The van der Waals surface area contributed by atoms with Crippen LogP contribution in [0.4, 0.5) is 10.5 Å². The Morgan fingerprint density at radius 2 is 1.92 bits per heavy atom. The van der Waals surface area contributed by atoms with Gasteiger partial charge in [0.25, 0.3) is 0 Å². The van der Waals surface area contributed by atoms with Crippen molar-refractivity contribution in [3.8, 4) is 0 Å². The fourth-order valence-electron chi connectivity index (χ4n) is 3.18. The predicted molar refractivity (Wildman–Crippen MR) is 101 cm³/mol. The number of anilines is 1. The molecule has 0 aliphatic heterocycles. The number of ether oxygens (including phenoxy) is 1. The summed E-state index contributed by atoms with van der Waals surface area (Å²) in [4.78, 5) is 12.4. The Morgan fingerprint density at radius 1 is 1.25 bits per heavy atom. The van der Waals surface area contributed by atoms with Crippen LogP contribution in [-0.2, 0) is 10.3 Å². The van der Waals surface area contributed by atoms with Crippen LogP contribution in [0.1, 0.15) is 58.4 Å². The lowest BCUT2D eigenvalue weighted by Gasteiger charge is -2.39. The summed E-state index contributed by atoms with van der Waals surface area (Å²) in [5.74, 6) is 0. The number of hydrogen-bond donors (Lipinski definition) is 3. The second kappa shape index (κ2) is 7.38. The summed E-state index contributed by atoms with van der Waals surface area (Å²) in [6, 6.07) is 7.89. The van der Waals surface area contributed by atoms with Gasteiger partial charge >= 0.3 is 6.09 Å². The van der Waals surface area contributed by atoms with Crippen LogP contribution in [0.3, 0.4) is 0 Å². The van der Waals surface area contributed by atoms with Gasteiger partial charge in [-0.2, -0.15) is 0 Å². The molecule has 2 rings (SSSR count). The molecule has 132 valence electrons. The first-order valence-electron chi connectivity index (χ1n) is 8.38. The molecule has 0 radical (unpaired) electrons. The normalized spacial score (nSPS) is 17.0. The molecule has 0 spiro atoms. The van der Waals surface area contributed by atoms with Crippen LogP contribution in [0.15, 0.2) is 24.3 Å². The standard InChI is InChI=1S/C18H27N3O2S/c1-17(2,3)23-16(22)21-18(10-5-4-6-11-18)13-8-7-9-14(12-13)20-15(19)24/h7-9,12H,4-6,10-11H2,1-3H3,(H,21,22)(H3,19,20,24). The van der Waals surface area contributed by atoms with Crippen LogP contribution in [0.25, 0.3) is 0 Å². The minimum Gasteiger partial charge on any atom is -0.444 e. The molecule has 0 heterocycles. The fourth-order valence-corrected chi connectivity index (χ4v) is 3.29. The molecular weight excluding hydrogens is 322 g/mol. The topological polar surface area (TPSA) is 76.4 Å². The molecule has 6 heteroatoms. The summed E-state index contributed by atoms with van der Waals surface area (Å²) in [5, 5.41) is 6.32. The quantitative estimate of drug-likeness (QED) is 0.718. The zero-order valence-electron chi connectivity index (χ0n) is 14.6. The lowest BCUT2D eigenvalue weighted by atomic mass is 9.76. The molecule has 1 aromatic rings. The lowest BCUT2D eigenvalue weighted by Crippen LogP contribution is -2.49. The van der Waals surface area contributed by atoms with Crippen molar-refractivity contribution in [2.24, 2.45) is 5.73 Å². The summed E-state index contributed by atoms with van der Waals surface area (Å²) in [6.45, 7) is 5.60. The minimum atomic E-state index is -0.519. The van der Waals surface area contributed by atoms with Crippen LogP contribution in [0.2, 0.25) is 0 Å². The summed E-state index contributed by atoms with van der Waals surface area (Å²) in [6.07, 6.45) is 4.73. The molecule has 1 aliphatic rings. The van der Waals surface area contributed by atoms with E-state index in [4.69, 9.17) is 22.7 Å². The molecule has 1 aliphatic carbocycles. The maximum absolute atomic E-state index is 12.4. The number of thiocarbonyl (C=S) groups is 1. The number of rotatable bonds is 3. The van der Waals surface area contributed by atoms with E-state index in [9.17, 15) is 4.79 Å². The summed E-state index contributed by atoms with van der Waals surface area (Å²) in [7, 11) is 0. The number of benzene rings is 1. The van der Waals surface area contributed by atoms with Crippen molar-refractivity contribution < 1.29 is 9.53 Å². The van der Waals surface area contributed by atoms with E-state index in [1.54, 1.807) is 0 Å². The molecule has 0 saturated heterocycles. The third-order valence-electron chi connectivity index (χ3n) is 4.13. The SMILES string of the molecule is CC(C)(C)OC(=O)NC1(c2cccc(NC(N)=S)c2)CCCCC1. The first-order valence-corrected chi connectivity index (χ1v) is 8.79. The van der Waals surface area contributed by atoms with Crippen molar-refractivity contribution in [3.63, 3.8) is 0 Å². The van der Waals surface area contributed by atoms with Crippen LogP contribution in [-0.4, -0.2) is 16.8 Å². The van der Waals surface area contributed by atoms with Crippen molar-refractivity contribution in [2.75, 3.05) is 5.32 Å². The fraction of sp³-hybridized carbons (Fsp3) is 0.556. The average molecular weight is 350 g/mol. The van der Waals surface area contributed by atoms with E-state index < -0.39 is 11.1 Å². The Labute approximate surface area is 149 Å². The van der Waals surface area contributed by atoms with E-state index in [1.807, 2.05) is 45.0 Å². The number of carbonyl (C=O) groups excluding carboxylic acids is 1. The first kappa shape index (κ1) is 18.5. The van der Waals surface area contributed by atoms with Crippen LogP contribution >= 0.6 is 12.2 Å². The van der Waals surface area contributed by atoms with Crippen LogP contribution in [0.5, 0.6) is 0 Å². The zero-order valence-corrected chi connectivity index (χ0v) is 15.5. The number of nitrogens with two attached hydrogens (primary N) is 1. The molecule has 0 aromatic heterocycles. The van der Waals surface area contributed by atoms with E-state index in [1.165, 1.54) is 6.42 Å². The second-order valence-corrected chi connectivity index (χ2v) is 7.78. The largest absolute Gasteiger partial charge is 0.444 e. The first-order chi connectivity index (χ1) is 11.2. The van der Waals surface area contributed by atoms with Gasteiger partial charge in [-0.05, 0) is 63.5 Å². The van der Waals surface area contributed by atoms with Crippen LogP contribution < -0.4 is 16.4 Å². The molecule has 1 fully saturated rings. The predicted octanol–water partition coefficient (Wildman–Crippen LogP) is 4.03. The molecule has 1 amide bonds. The van der Waals surface area contributed by atoms with Gasteiger partial charge in [0.15, 0.2) is 5.11 Å². The molecule has 0 atom stereocenters.